The Morgan fingerprint density at radius 1 is 1.19 bits per heavy atom. The maximum Gasteiger partial charge on any atom is 0.224 e. The van der Waals surface area contributed by atoms with E-state index >= 15 is 0 Å². The maximum absolute atomic E-state index is 12.3. The minimum absolute atomic E-state index is 0.0101. The van der Waals surface area contributed by atoms with Gasteiger partial charge in [0.25, 0.3) is 0 Å². The Balaban J connectivity index is 1.56. The number of amides is 1. The molecule has 0 spiro atoms. The highest BCUT2D eigenvalue weighted by Crippen LogP contribution is 2.24. The molecule has 1 saturated heterocycles. The molecule has 1 aliphatic rings. The molecule has 2 aromatic carbocycles. The first-order valence-corrected chi connectivity index (χ1v) is 9.78. The van der Waals surface area contributed by atoms with Gasteiger partial charge in [-0.15, -0.1) is 0 Å². The summed E-state index contributed by atoms with van der Waals surface area (Å²) in [7, 11) is 0. The number of hydrogen-bond acceptors (Lipinski definition) is 2. The van der Waals surface area contributed by atoms with Crippen molar-refractivity contribution in [3.63, 3.8) is 0 Å². The van der Waals surface area contributed by atoms with Crippen molar-refractivity contribution in [1.82, 2.24) is 5.32 Å². The largest absolute Gasteiger partial charge is 0.371 e. The van der Waals surface area contributed by atoms with Gasteiger partial charge < -0.3 is 10.2 Å². The Morgan fingerprint density at radius 3 is 2.54 bits per heavy atom. The number of benzene rings is 2. The second kappa shape index (κ2) is 8.59. The van der Waals surface area contributed by atoms with Crippen molar-refractivity contribution in [3.8, 4) is 0 Å². The van der Waals surface area contributed by atoms with Crippen molar-refractivity contribution in [2.75, 3.05) is 18.0 Å². The molecule has 0 radical (unpaired) electrons. The molecule has 26 heavy (non-hydrogen) atoms. The summed E-state index contributed by atoms with van der Waals surface area (Å²) in [6, 6.07) is 16.0. The van der Waals surface area contributed by atoms with Gasteiger partial charge in [-0.05, 0) is 61.1 Å². The molecule has 3 nitrogen and oxygen atoms in total. The molecule has 0 bridgehead atoms. The normalized spacial score (nSPS) is 18.4. The highest BCUT2D eigenvalue weighted by Gasteiger charge is 2.17. The van der Waals surface area contributed by atoms with Crippen LogP contribution in [0.3, 0.4) is 0 Å². The number of hydrogen-bond donors (Lipinski definition) is 1. The van der Waals surface area contributed by atoms with Crippen molar-refractivity contribution in [3.05, 3.63) is 64.7 Å². The number of carbonyl (C=O) groups excluding carboxylic acids is 1. The summed E-state index contributed by atoms with van der Waals surface area (Å²) >= 11 is 5.89. The van der Waals surface area contributed by atoms with Crippen LogP contribution in [0.2, 0.25) is 5.02 Å². The van der Waals surface area contributed by atoms with Crippen molar-refractivity contribution in [2.24, 2.45) is 5.92 Å². The van der Waals surface area contributed by atoms with Crippen LogP contribution in [-0.2, 0) is 11.2 Å². The van der Waals surface area contributed by atoms with Gasteiger partial charge in [-0.1, -0.05) is 42.8 Å². The highest BCUT2D eigenvalue weighted by molar-refractivity contribution is 6.30. The monoisotopic (exact) mass is 370 g/mol. The van der Waals surface area contributed by atoms with Gasteiger partial charge in [0, 0.05) is 23.8 Å². The third-order valence-electron chi connectivity index (χ3n) is 5.07. The number of nitrogens with zero attached hydrogens (tertiary/aromatic N) is 1. The molecule has 4 heteroatoms. The number of rotatable bonds is 5. The quantitative estimate of drug-likeness (QED) is 0.803. The van der Waals surface area contributed by atoms with Gasteiger partial charge in [0.15, 0.2) is 0 Å². The van der Waals surface area contributed by atoms with Crippen LogP contribution < -0.4 is 10.2 Å². The van der Waals surface area contributed by atoms with Gasteiger partial charge in [0.05, 0.1) is 12.5 Å². The Morgan fingerprint density at radius 2 is 1.88 bits per heavy atom. The lowest BCUT2D eigenvalue weighted by Gasteiger charge is -2.33. The lowest BCUT2D eigenvalue weighted by Crippen LogP contribution is -2.34. The summed E-state index contributed by atoms with van der Waals surface area (Å²) in [6.07, 6.45) is 2.95. The molecule has 1 amide bonds. The summed E-state index contributed by atoms with van der Waals surface area (Å²) in [5, 5.41) is 3.77. The summed E-state index contributed by atoms with van der Waals surface area (Å²) in [5.74, 6) is 0.781. The minimum Gasteiger partial charge on any atom is -0.371 e. The minimum atomic E-state index is -0.0101. The zero-order valence-corrected chi connectivity index (χ0v) is 16.3. The van der Waals surface area contributed by atoms with Crippen molar-refractivity contribution in [2.45, 2.75) is 39.2 Å². The van der Waals surface area contributed by atoms with E-state index in [0.29, 0.717) is 11.4 Å². The third-order valence-corrected chi connectivity index (χ3v) is 5.32. The number of anilines is 1. The zero-order valence-electron chi connectivity index (χ0n) is 15.5. The molecular formula is C22H27ClN2O. The second-order valence-corrected chi connectivity index (χ2v) is 7.81. The first-order chi connectivity index (χ1) is 12.5. The van der Waals surface area contributed by atoms with Crippen LogP contribution >= 0.6 is 11.6 Å². The average molecular weight is 371 g/mol. The lowest BCUT2D eigenvalue weighted by atomic mass is 9.99. The standard InChI is InChI=1S/C22H27ClN2O/c1-16-4-3-13-25(15-16)21-11-7-19(8-12-21)17(2)24-22(26)14-18-5-9-20(23)10-6-18/h5-12,16-17H,3-4,13-15H2,1-2H3,(H,24,26). The van der Waals surface area contributed by atoms with E-state index < -0.39 is 0 Å². The zero-order chi connectivity index (χ0) is 18.5. The van der Waals surface area contributed by atoms with E-state index in [1.165, 1.54) is 18.5 Å². The molecule has 0 saturated carbocycles. The third kappa shape index (κ3) is 5.01. The second-order valence-electron chi connectivity index (χ2n) is 7.38. The molecule has 1 aliphatic heterocycles. The molecule has 1 N–H and O–H groups in total. The lowest BCUT2D eigenvalue weighted by molar-refractivity contribution is -0.121. The van der Waals surface area contributed by atoms with Crippen molar-refractivity contribution < 1.29 is 4.79 Å². The fraction of sp³-hybridized carbons (Fsp3) is 0.409. The van der Waals surface area contributed by atoms with Crippen LogP contribution in [0, 0.1) is 5.92 Å². The summed E-state index contributed by atoms with van der Waals surface area (Å²) < 4.78 is 0. The van der Waals surface area contributed by atoms with Crippen molar-refractivity contribution >= 4 is 23.2 Å². The Bertz CT molecular complexity index is 727. The van der Waals surface area contributed by atoms with Gasteiger partial charge in [0.2, 0.25) is 5.91 Å². The van der Waals surface area contributed by atoms with Crippen LogP contribution in [0.1, 0.15) is 43.9 Å². The predicted octanol–water partition coefficient (Wildman–Crippen LogP) is 5.00. The predicted molar refractivity (Wildman–Crippen MR) is 109 cm³/mol. The first-order valence-electron chi connectivity index (χ1n) is 9.40. The van der Waals surface area contributed by atoms with Crippen molar-refractivity contribution in [1.29, 1.82) is 0 Å². The van der Waals surface area contributed by atoms with Crippen LogP contribution in [0.15, 0.2) is 48.5 Å². The van der Waals surface area contributed by atoms with Crippen LogP contribution in [-0.4, -0.2) is 19.0 Å². The molecule has 2 aromatic rings. The molecule has 2 atom stereocenters. The van der Waals surface area contributed by atoms with Crippen LogP contribution in [0.5, 0.6) is 0 Å². The van der Waals surface area contributed by atoms with E-state index in [-0.39, 0.29) is 11.9 Å². The Labute approximate surface area is 161 Å². The summed E-state index contributed by atoms with van der Waals surface area (Å²) in [4.78, 5) is 14.7. The van der Waals surface area contributed by atoms with Gasteiger partial charge >= 0.3 is 0 Å². The van der Waals surface area contributed by atoms with Crippen LogP contribution in [0.25, 0.3) is 0 Å². The fourth-order valence-corrected chi connectivity index (χ4v) is 3.69. The molecule has 1 heterocycles. The summed E-state index contributed by atoms with van der Waals surface area (Å²) in [6.45, 7) is 6.61. The smallest absolute Gasteiger partial charge is 0.224 e. The van der Waals surface area contributed by atoms with E-state index in [1.807, 2.05) is 31.2 Å². The highest BCUT2D eigenvalue weighted by atomic mass is 35.5. The molecular weight excluding hydrogens is 344 g/mol. The van der Waals surface area contributed by atoms with Gasteiger partial charge in [-0.25, -0.2) is 0 Å². The molecule has 0 aromatic heterocycles. The SMILES string of the molecule is CC1CCCN(c2ccc(C(C)NC(=O)Cc3ccc(Cl)cc3)cc2)C1. The molecule has 138 valence electrons. The van der Waals surface area contributed by atoms with E-state index in [9.17, 15) is 4.79 Å². The number of halogens is 1. The summed E-state index contributed by atoms with van der Waals surface area (Å²) in [5.41, 5.74) is 3.37. The van der Waals surface area contributed by atoms with Gasteiger partial charge in [-0.3, -0.25) is 4.79 Å². The first kappa shape index (κ1) is 18.8. The Hall–Kier alpha value is -2.00. The molecule has 0 aliphatic carbocycles. The molecule has 1 fully saturated rings. The van der Waals surface area contributed by atoms with E-state index in [0.717, 1.165) is 30.1 Å². The van der Waals surface area contributed by atoms with E-state index in [2.05, 4.69) is 41.4 Å². The van der Waals surface area contributed by atoms with E-state index in [4.69, 9.17) is 11.6 Å². The van der Waals surface area contributed by atoms with Crippen LogP contribution in [0.4, 0.5) is 5.69 Å². The number of piperidine rings is 1. The number of nitrogens with one attached hydrogen (secondary N) is 1. The topological polar surface area (TPSA) is 32.3 Å². The molecule has 2 unspecified atom stereocenters. The molecule has 3 rings (SSSR count). The fourth-order valence-electron chi connectivity index (χ4n) is 3.56. The average Bonchev–Trinajstić information content (AvgIpc) is 2.64. The van der Waals surface area contributed by atoms with E-state index in [1.54, 1.807) is 0 Å². The van der Waals surface area contributed by atoms with Gasteiger partial charge in [-0.2, -0.15) is 0 Å². The number of carbonyl (C=O) groups is 1. The van der Waals surface area contributed by atoms with Gasteiger partial charge in [0.1, 0.15) is 0 Å². The maximum atomic E-state index is 12.3. The Kier molecular flexibility index (Phi) is 6.20.